The number of rotatable bonds is 5. The average Bonchev–Trinajstić information content (AvgIpc) is 2.81. The molecule has 1 aromatic heterocycles. The first kappa shape index (κ1) is 17.9. The van der Waals surface area contributed by atoms with Gasteiger partial charge in [0.05, 0.1) is 11.4 Å². The van der Waals surface area contributed by atoms with Crippen LogP contribution in [0.5, 0.6) is 0 Å². The van der Waals surface area contributed by atoms with Crippen LogP contribution in [0.4, 0.5) is 5.69 Å². The van der Waals surface area contributed by atoms with Crippen molar-refractivity contribution < 1.29 is 4.79 Å². The number of aldehydes is 1. The number of carbonyl (C=O) groups is 1. The molecule has 2 aliphatic heterocycles. The van der Waals surface area contributed by atoms with Crippen LogP contribution in [-0.2, 0) is 4.79 Å². The van der Waals surface area contributed by atoms with E-state index in [-0.39, 0.29) is 0 Å². The maximum absolute atomic E-state index is 11.1. The van der Waals surface area contributed by atoms with Gasteiger partial charge in [0.15, 0.2) is 0 Å². The van der Waals surface area contributed by atoms with Gasteiger partial charge in [0, 0.05) is 41.7 Å². The second-order valence-electron chi connectivity index (χ2n) is 6.81. The molecule has 0 aliphatic carbocycles. The van der Waals surface area contributed by atoms with E-state index in [1.165, 1.54) is 4.90 Å². The highest BCUT2D eigenvalue weighted by Crippen LogP contribution is 2.34. The third-order valence-electron chi connectivity index (χ3n) is 4.68. The Balaban J connectivity index is 1.59. The molecule has 0 atom stereocenters. The predicted molar refractivity (Wildman–Crippen MR) is 110 cm³/mol. The third kappa shape index (κ3) is 3.95. The number of nitrogens with two attached hydrogens (primary N) is 2. The van der Waals surface area contributed by atoms with Crippen LogP contribution in [-0.4, -0.2) is 41.0 Å². The van der Waals surface area contributed by atoms with E-state index in [1.807, 2.05) is 18.3 Å². The normalized spacial score (nSPS) is 17.4. The summed E-state index contributed by atoms with van der Waals surface area (Å²) in [5, 5.41) is 0. The maximum atomic E-state index is 11.1. The summed E-state index contributed by atoms with van der Waals surface area (Å²) in [4.78, 5) is 21.2. The highest BCUT2D eigenvalue weighted by atomic mass is 32.2. The van der Waals surface area contributed by atoms with E-state index in [0.29, 0.717) is 35.1 Å². The second kappa shape index (κ2) is 7.64. The molecule has 1 aromatic carbocycles. The molecule has 1 fully saturated rings. The number of pyridine rings is 1. The molecule has 27 heavy (non-hydrogen) atoms. The number of aromatic nitrogens is 1. The van der Waals surface area contributed by atoms with Gasteiger partial charge in [-0.05, 0) is 54.2 Å². The van der Waals surface area contributed by atoms with Gasteiger partial charge in [-0.15, -0.1) is 0 Å². The number of benzene rings is 1. The molecule has 0 bridgehead atoms. The van der Waals surface area contributed by atoms with Crippen molar-refractivity contribution in [3.05, 3.63) is 47.8 Å². The maximum Gasteiger partial charge on any atom is 0.146 e. The minimum absolute atomic E-state index is 0.348. The predicted octanol–water partition coefficient (Wildman–Crippen LogP) is 2.62. The molecule has 0 spiro atoms. The number of hydrogen-bond donors (Lipinski definition) is 2. The lowest BCUT2D eigenvalue weighted by Gasteiger charge is -2.37. The lowest BCUT2D eigenvalue weighted by atomic mass is 10.0. The second-order valence-corrected chi connectivity index (χ2v) is 7.98. The molecular weight excluding hydrogens is 358 g/mol. The summed E-state index contributed by atoms with van der Waals surface area (Å²) < 4.78 is 2.32. The summed E-state index contributed by atoms with van der Waals surface area (Å²) >= 11 is 1.76. The smallest absolute Gasteiger partial charge is 0.146 e. The fourth-order valence-electron chi connectivity index (χ4n) is 3.16. The van der Waals surface area contributed by atoms with Crippen molar-refractivity contribution >= 4 is 35.8 Å². The molecule has 7 heteroatoms. The fourth-order valence-corrected chi connectivity index (χ4v) is 4.34. The summed E-state index contributed by atoms with van der Waals surface area (Å²) in [6, 6.07) is 10.3. The van der Waals surface area contributed by atoms with Gasteiger partial charge in [0.2, 0.25) is 0 Å². The van der Waals surface area contributed by atoms with Crippen molar-refractivity contribution in [1.29, 1.82) is 0 Å². The van der Waals surface area contributed by atoms with Gasteiger partial charge in [-0.25, -0.2) is 9.30 Å². The minimum Gasteiger partial charge on any atom is -0.387 e. The quantitative estimate of drug-likeness (QED) is 0.612. The van der Waals surface area contributed by atoms with Crippen LogP contribution >= 0.6 is 11.9 Å². The molecule has 0 radical (unpaired) electrons. The fraction of sp³-hybridized carbons (Fsp3) is 0.250. The Hall–Kier alpha value is -2.48. The molecule has 0 saturated carbocycles. The first-order chi connectivity index (χ1) is 13.1. The zero-order valence-electron chi connectivity index (χ0n) is 14.8. The van der Waals surface area contributed by atoms with Crippen molar-refractivity contribution in [3.63, 3.8) is 0 Å². The molecular formula is C20H21N5OS. The highest BCUT2D eigenvalue weighted by molar-refractivity contribution is 7.97. The standard InChI is InChI=1S/C20H21N5OS/c21-8-14-10-25(11-14)27-17-3-1-2-15(6-17)16-7-19-18(23-9-16)4-13(12-26)5-20(22)24-19/h1-4,6-7,9,12,14H,5,8,10-11,21H2,(H2,22,24). The molecule has 1 saturated heterocycles. The largest absolute Gasteiger partial charge is 0.387 e. The van der Waals surface area contributed by atoms with Gasteiger partial charge in [-0.3, -0.25) is 9.78 Å². The van der Waals surface area contributed by atoms with Gasteiger partial charge in [0.1, 0.15) is 12.1 Å². The van der Waals surface area contributed by atoms with Crippen molar-refractivity contribution in [1.82, 2.24) is 9.29 Å². The third-order valence-corrected chi connectivity index (χ3v) is 5.70. The number of aliphatic imine (C=N–C) groups is 1. The molecule has 4 rings (SSSR count). The number of fused-ring (bicyclic) bond motifs is 1. The van der Waals surface area contributed by atoms with Crippen LogP contribution in [0.2, 0.25) is 0 Å². The first-order valence-electron chi connectivity index (χ1n) is 8.87. The molecule has 2 aliphatic rings. The summed E-state index contributed by atoms with van der Waals surface area (Å²) in [6.45, 7) is 2.82. The lowest BCUT2D eigenvalue weighted by Crippen LogP contribution is -2.45. The Morgan fingerprint density at radius 3 is 2.89 bits per heavy atom. The Labute approximate surface area is 162 Å². The Bertz CT molecular complexity index is 934. The summed E-state index contributed by atoms with van der Waals surface area (Å²) in [6.07, 6.45) is 4.71. The van der Waals surface area contributed by atoms with E-state index in [9.17, 15) is 4.79 Å². The average molecular weight is 379 g/mol. The lowest BCUT2D eigenvalue weighted by molar-refractivity contribution is -0.104. The number of amidine groups is 1. The summed E-state index contributed by atoms with van der Waals surface area (Å²) in [5.74, 6) is 1.03. The summed E-state index contributed by atoms with van der Waals surface area (Å²) in [7, 11) is 0. The zero-order valence-corrected chi connectivity index (χ0v) is 15.7. The monoisotopic (exact) mass is 379 g/mol. The van der Waals surface area contributed by atoms with Crippen LogP contribution in [0.15, 0.2) is 52.0 Å². The number of carbonyl (C=O) groups excluding carboxylic acids is 1. The van der Waals surface area contributed by atoms with Crippen LogP contribution < -0.4 is 11.5 Å². The SMILES string of the molecule is NCC1CN(Sc2cccc(-c3cnc4c(c3)N=C(N)CC(C=O)=C4)c2)C1. The van der Waals surface area contributed by atoms with E-state index in [2.05, 4.69) is 32.5 Å². The first-order valence-corrected chi connectivity index (χ1v) is 9.64. The zero-order chi connectivity index (χ0) is 18.8. The minimum atomic E-state index is 0.348. The van der Waals surface area contributed by atoms with E-state index in [4.69, 9.17) is 11.5 Å². The number of hydrogen-bond acceptors (Lipinski definition) is 7. The van der Waals surface area contributed by atoms with E-state index in [0.717, 1.165) is 37.0 Å². The van der Waals surface area contributed by atoms with Crippen molar-refractivity contribution in [2.24, 2.45) is 22.4 Å². The van der Waals surface area contributed by atoms with Gasteiger partial charge in [-0.2, -0.15) is 0 Å². The molecule has 3 heterocycles. The molecule has 0 unspecified atom stereocenters. The molecule has 138 valence electrons. The van der Waals surface area contributed by atoms with Crippen LogP contribution in [0.25, 0.3) is 17.2 Å². The van der Waals surface area contributed by atoms with E-state index >= 15 is 0 Å². The topological polar surface area (TPSA) is 97.6 Å². The van der Waals surface area contributed by atoms with Crippen LogP contribution in [0.3, 0.4) is 0 Å². The van der Waals surface area contributed by atoms with E-state index in [1.54, 1.807) is 18.0 Å². The van der Waals surface area contributed by atoms with E-state index < -0.39 is 0 Å². The van der Waals surface area contributed by atoms with Gasteiger partial charge < -0.3 is 11.5 Å². The van der Waals surface area contributed by atoms with Crippen molar-refractivity contribution in [3.8, 4) is 11.1 Å². The van der Waals surface area contributed by atoms with Crippen LogP contribution in [0, 0.1) is 5.92 Å². The number of nitrogens with zero attached hydrogens (tertiary/aromatic N) is 3. The molecule has 0 amide bonds. The molecule has 2 aromatic rings. The van der Waals surface area contributed by atoms with Gasteiger partial charge >= 0.3 is 0 Å². The molecule has 6 nitrogen and oxygen atoms in total. The van der Waals surface area contributed by atoms with Gasteiger partial charge in [0.25, 0.3) is 0 Å². The Kier molecular flexibility index (Phi) is 5.07. The summed E-state index contributed by atoms with van der Waals surface area (Å²) in [5.41, 5.74) is 15.6. The van der Waals surface area contributed by atoms with Crippen LogP contribution in [0.1, 0.15) is 12.1 Å². The molecule has 4 N–H and O–H groups in total. The van der Waals surface area contributed by atoms with Crippen molar-refractivity contribution in [2.45, 2.75) is 11.3 Å². The Morgan fingerprint density at radius 1 is 1.26 bits per heavy atom. The Morgan fingerprint density at radius 2 is 2.11 bits per heavy atom. The highest BCUT2D eigenvalue weighted by Gasteiger charge is 2.26. The van der Waals surface area contributed by atoms with Gasteiger partial charge in [-0.1, -0.05) is 12.1 Å². The van der Waals surface area contributed by atoms with Crippen molar-refractivity contribution in [2.75, 3.05) is 19.6 Å².